The fraction of sp³-hybridized carbons (Fsp3) is 0.667. The van der Waals surface area contributed by atoms with Crippen molar-refractivity contribution >= 4 is 11.7 Å². The molecule has 1 aromatic rings. The van der Waals surface area contributed by atoms with E-state index in [0.29, 0.717) is 5.88 Å². The van der Waals surface area contributed by atoms with Gasteiger partial charge in [-0.05, 0) is 19.4 Å². The Kier molecular flexibility index (Phi) is 4.15. The van der Waals surface area contributed by atoms with Gasteiger partial charge in [-0.3, -0.25) is 9.69 Å². The van der Waals surface area contributed by atoms with E-state index in [0.717, 1.165) is 51.4 Å². The lowest BCUT2D eigenvalue weighted by Gasteiger charge is -2.49. The number of rotatable bonds is 3. The Hall–Kier alpha value is -1.89. The van der Waals surface area contributed by atoms with Crippen LogP contribution in [0.25, 0.3) is 0 Å². The molecular weight excluding hydrogens is 282 g/mol. The zero-order valence-corrected chi connectivity index (χ0v) is 13.2. The maximum absolute atomic E-state index is 12.5. The Morgan fingerprint density at radius 1 is 1.32 bits per heavy atom. The Morgan fingerprint density at radius 2 is 2.09 bits per heavy atom. The van der Waals surface area contributed by atoms with Crippen molar-refractivity contribution < 1.29 is 9.53 Å². The van der Waals surface area contributed by atoms with Crippen molar-refractivity contribution in [2.24, 2.45) is 0 Å². The van der Waals surface area contributed by atoms with Crippen molar-refractivity contribution in [1.29, 1.82) is 0 Å². The number of nitrogens with zero attached hydrogens (tertiary/aromatic N) is 4. The highest BCUT2D eigenvalue weighted by atomic mass is 16.5. The number of hydrogen-bond donors (Lipinski definition) is 1. The summed E-state index contributed by atoms with van der Waals surface area (Å²) in [6, 6.07) is 1.84. The number of carbonyl (C=O) groups excluding carboxylic acids is 1. The second-order valence-electron chi connectivity index (χ2n) is 5.77. The van der Waals surface area contributed by atoms with Gasteiger partial charge in [-0.1, -0.05) is 6.92 Å². The fourth-order valence-electron chi connectivity index (χ4n) is 3.55. The van der Waals surface area contributed by atoms with Crippen LogP contribution < -0.4 is 15.0 Å². The molecule has 1 spiro atoms. The molecule has 2 fully saturated rings. The molecule has 0 aliphatic carbocycles. The predicted molar refractivity (Wildman–Crippen MR) is 83.0 cm³/mol. The van der Waals surface area contributed by atoms with Gasteiger partial charge in [-0.25, -0.2) is 9.97 Å². The number of aromatic nitrogens is 2. The standard InChI is InChI=1S/C15H23N5O2/c1-3-20-9-6-16-14(21)15(20)4-7-19(8-5-15)12-10-13(22-2)18-11-17-12/h10-11H,3-9H2,1-2H3,(H,16,21). The summed E-state index contributed by atoms with van der Waals surface area (Å²) in [5, 5.41) is 3.03. The molecule has 7 nitrogen and oxygen atoms in total. The average Bonchev–Trinajstić information content (AvgIpc) is 2.58. The first-order chi connectivity index (χ1) is 10.7. The minimum Gasteiger partial charge on any atom is -0.481 e. The van der Waals surface area contributed by atoms with Crippen LogP contribution in [0.1, 0.15) is 19.8 Å². The van der Waals surface area contributed by atoms with Gasteiger partial charge in [0.2, 0.25) is 11.8 Å². The molecule has 1 N–H and O–H groups in total. The third-order valence-corrected chi connectivity index (χ3v) is 4.83. The lowest BCUT2D eigenvalue weighted by atomic mass is 9.83. The van der Waals surface area contributed by atoms with E-state index in [1.165, 1.54) is 6.33 Å². The van der Waals surface area contributed by atoms with Crippen LogP contribution in [0.15, 0.2) is 12.4 Å². The quantitative estimate of drug-likeness (QED) is 0.865. The SMILES string of the molecule is CCN1CCNC(=O)C12CCN(c1cc(OC)ncn1)CC2. The molecule has 1 amide bonds. The largest absolute Gasteiger partial charge is 0.481 e. The molecule has 0 bridgehead atoms. The summed E-state index contributed by atoms with van der Waals surface area (Å²) in [5.41, 5.74) is -0.347. The molecule has 1 aromatic heterocycles. The van der Waals surface area contributed by atoms with Crippen LogP contribution in [0, 0.1) is 0 Å². The summed E-state index contributed by atoms with van der Waals surface area (Å²) in [6.07, 6.45) is 3.15. The second-order valence-corrected chi connectivity index (χ2v) is 5.77. The zero-order valence-electron chi connectivity index (χ0n) is 13.2. The van der Waals surface area contributed by atoms with Crippen LogP contribution >= 0.6 is 0 Å². The molecule has 2 aliphatic rings. The van der Waals surface area contributed by atoms with Crippen LogP contribution in [0.4, 0.5) is 5.82 Å². The highest BCUT2D eigenvalue weighted by Gasteiger charge is 2.47. The van der Waals surface area contributed by atoms with Gasteiger partial charge in [-0.15, -0.1) is 0 Å². The number of nitrogens with one attached hydrogen (secondary N) is 1. The normalized spacial score (nSPS) is 21.7. The number of ether oxygens (including phenoxy) is 1. The molecule has 3 heterocycles. The first-order valence-electron chi connectivity index (χ1n) is 7.84. The van der Waals surface area contributed by atoms with E-state index >= 15 is 0 Å². The molecule has 2 saturated heterocycles. The Balaban J connectivity index is 1.74. The molecule has 0 radical (unpaired) electrons. The summed E-state index contributed by atoms with van der Waals surface area (Å²) >= 11 is 0. The first kappa shape index (κ1) is 15.0. The molecule has 120 valence electrons. The van der Waals surface area contributed by atoms with E-state index in [2.05, 4.69) is 32.0 Å². The molecule has 22 heavy (non-hydrogen) atoms. The molecule has 0 aromatic carbocycles. The summed E-state index contributed by atoms with van der Waals surface area (Å²) in [4.78, 5) is 25.4. The molecule has 0 atom stereocenters. The van der Waals surface area contributed by atoms with Gasteiger partial charge >= 0.3 is 0 Å². The summed E-state index contributed by atoms with van der Waals surface area (Å²) < 4.78 is 5.16. The average molecular weight is 305 g/mol. The Morgan fingerprint density at radius 3 is 2.77 bits per heavy atom. The summed E-state index contributed by atoms with van der Waals surface area (Å²) in [7, 11) is 1.60. The number of hydrogen-bond acceptors (Lipinski definition) is 6. The van der Waals surface area contributed by atoms with Crippen LogP contribution in [0.2, 0.25) is 0 Å². The van der Waals surface area contributed by atoms with Crippen molar-refractivity contribution in [2.45, 2.75) is 25.3 Å². The van der Waals surface area contributed by atoms with Crippen LogP contribution in [-0.4, -0.2) is 66.1 Å². The van der Waals surface area contributed by atoms with Crippen molar-refractivity contribution in [3.63, 3.8) is 0 Å². The van der Waals surface area contributed by atoms with Crippen LogP contribution in [-0.2, 0) is 4.79 Å². The second kappa shape index (κ2) is 6.08. The molecule has 0 unspecified atom stereocenters. The van der Waals surface area contributed by atoms with Crippen molar-refractivity contribution in [3.8, 4) is 5.88 Å². The maximum Gasteiger partial charge on any atom is 0.240 e. The van der Waals surface area contributed by atoms with Gasteiger partial charge in [0.25, 0.3) is 0 Å². The van der Waals surface area contributed by atoms with Gasteiger partial charge in [0.1, 0.15) is 17.7 Å². The smallest absolute Gasteiger partial charge is 0.240 e. The fourth-order valence-corrected chi connectivity index (χ4v) is 3.55. The van der Waals surface area contributed by atoms with E-state index in [9.17, 15) is 4.79 Å². The maximum atomic E-state index is 12.5. The number of anilines is 1. The minimum absolute atomic E-state index is 0.181. The van der Waals surface area contributed by atoms with E-state index in [4.69, 9.17) is 4.74 Å². The van der Waals surface area contributed by atoms with Crippen LogP contribution in [0.5, 0.6) is 5.88 Å². The number of methoxy groups -OCH3 is 1. The molecule has 7 heteroatoms. The van der Waals surface area contributed by atoms with Gasteiger partial charge in [0.15, 0.2) is 0 Å². The lowest BCUT2D eigenvalue weighted by molar-refractivity contribution is -0.139. The highest BCUT2D eigenvalue weighted by molar-refractivity contribution is 5.87. The minimum atomic E-state index is -0.347. The van der Waals surface area contributed by atoms with Gasteiger partial charge < -0.3 is 15.0 Å². The van der Waals surface area contributed by atoms with E-state index in [1.54, 1.807) is 7.11 Å². The van der Waals surface area contributed by atoms with Crippen molar-refractivity contribution in [1.82, 2.24) is 20.2 Å². The van der Waals surface area contributed by atoms with Gasteiger partial charge in [0, 0.05) is 32.2 Å². The third kappa shape index (κ3) is 2.49. The van der Waals surface area contributed by atoms with E-state index < -0.39 is 0 Å². The van der Waals surface area contributed by atoms with Crippen LogP contribution in [0.3, 0.4) is 0 Å². The summed E-state index contributed by atoms with van der Waals surface area (Å²) in [5.74, 6) is 1.61. The monoisotopic (exact) mass is 305 g/mol. The number of piperidine rings is 1. The van der Waals surface area contributed by atoms with Crippen molar-refractivity contribution in [2.75, 3.05) is 44.7 Å². The molecule has 0 saturated carbocycles. The van der Waals surface area contributed by atoms with E-state index in [1.807, 2.05) is 6.07 Å². The molecular formula is C15H23N5O2. The number of amides is 1. The molecule has 2 aliphatic heterocycles. The summed E-state index contributed by atoms with van der Waals surface area (Å²) in [6.45, 7) is 6.34. The van der Waals surface area contributed by atoms with E-state index in [-0.39, 0.29) is 11.4 Å². The van der Waals surface area contributed by atoms with Gasteiger partial charge in [-0.2, -0.15) is 0 Å². The number of carbonyl (C=O) groups is 1. The first-order valence-corrected chi connectivity index (χ1v) is 7.84. The zero-order chi connectivity index (χ0) is 15.6. The Labute approximate surface area is 130 Å². The Bertz CT molecular complexity index is 542. The third-order valence-electron chi connectivity index (χ3n) is 4.83. The predicted octanol–water partition coefficient (Wildman–Crippen LogP) is 0.276. The highest BCUT2D eigenvalue weighted by Crippen LogP contribution is 2.32. The number of piperazine rings is 1. The topological polar surface area (TPSA) is 70.6 Å². The van der Waals surface area contributed by atoms with Crippen molar-refractivity contribution in [3.05, 3.63) is 12.4 Å². The van der Waals surface area contributed by atoms with Gasteiger partial charge in [0.05, 0.1) is 7.11 Å². The lowest BCUT2D eigenvalue weighted by Crippen LogP contribution is -2.68. The molecule has 3 rings (SSSR count). The number of likely N-dealkylation sites (N-methyl/N-ethyl adjacent to an activating group) is 1.